The number of amides is 2. The van der Waals surface area contributed by atoms with Crippen LogP contribution in [-0.2, 0) is 19.1 Å². The summed E-state index contributed by atoms with van der Waals surface area (Å²) in [7, 11) is 6.27. The fraction of sp³-hybridized carbons (Fsp3) is 0.483. The minimum atomic E-state index is -0.451. The van der Waals surface area contributed by atoms with Crippen LogP contribution in [0.5, 0.6) is 17.2 Å². The van der Waals surface area contributed by atoms with Crippen molar-refractivity contribution in [1.82, 2.24) is 14.8 Å². The van der Waals surface area contributed by atoms with Crippen molar-refractivity contribution in [2.45, 2.75) is 12.5 Å². The molecule has 2 amide bonds. The lowest BCUT2D eigenvalue weighted by Gasteiger charge is -2.31. The summed E-state index contributed by atoms with van der Waals surface area (Å²) in [4.78, 5) is 30.6. The maximum Gasteiger partial charge on any atom is 0.262 e. The van der Waals surface area contributed by atoms with Crippen LogP contribution in [0, 0.1) is 0 Å². The van der Waals surface area contributed by atoms with Gasteiger partial charge in [0.1, 0.15) is 30.4 Å². The second-order valence-electron chi connectivity index (χ2n) is 9.54. The summed E-state index contributed by atoms with van der Waals surface area (Å²) < 4.78 is 27.0. The number of ether oxygens (including phenoxy) is 5. The molecule has 0 bridgehead atoms. The van der Waals surface area contributed by atoms with Gasteiger partial charge in [0.15, 0.2) is 0 Å². The molecule has 4 rings (SSSR count). The Morgan fingerprint density at radius 2 is 1.68 bits per heavy atom. The van der Waals surface area contributed by atoms with Crippen molar-refractivity contribution in [3.8, 4) is 17.2 Å². The lowest BCUT2D eigenvalue weighted by atomic mass is 9.97. The van der Waals surface area contributed by atoms with E-state index in [-0.39, 0.29) is 25.0 Å². The van der Waals surface area contributed by atoms with Crippen LogP contribution in [-0.4, -0.2) is 113 Å². The van der Waals surface area contributed by atoms with Crippen molar-refractivity contribution >= 4 is 17.5 Å². The fourth-order valence-corrected chi connectivity index (χ4v) is 4.87. The molecule has 11 heteroatoms. The Labute approximate surface area is 235 Å². The molecule has 0 radical (unpaired) electrons. The Hall–Kier alpha value is -3.67. The first-order chi connectivity index (χ1) is 19.5. The fourth-order valence-electron chi connectivity index (χ4n) is 4.87. The first-order valence-electron chi connectivity index (χ1n) is 13.3. The number of morpholine rings is 1. The molecule has 1 atom stereocenters. The molecule has 1 saturated heterocycles. The summed E-state index contributed by atoms with van der Waals surface area (Å²) in [6.07, 6.45) is 0.460. The topological polar surface area (TPSA) is 102 Å². The van der Waals surface area contributed by atoms with Crippen LogP contribution in [0.2, 0.25) is 0 Å². The van der Waals surface area contributed by atoms with Gasteiger partial charge in [-0.1, -0.05) is 0 Å². The predicted molar refractivity (Wildman–Crippen MR) is 149 cm³/mol. The number of benzene rings is 2. The van der Waals surface area contributed by atoms with E-state index in [9.17, 15) is 9.59 Å². The number of carbonyl (C=O) groups excluding carboxylic acids is 2. The Balaban J connectivity index is 1.62. The number of hydrogen-bond donors (Lipinski definition) is 0. The van der Waals surface area contributed by atoms with Crippen molar-refractivity contribution in [2.75, 3.05) is 81.0 Å². The highest BCUT2D eigenvalue weighted by Crippen LogP contribution is 2.39. The van der Waals surface area contributed by atoms with Crippen molar-refractivity contribution in [3.63, 3.8) is 0 Å². The standard InChI is InChI=1S/C29H38N4O7/c1-36-20-29(35)32(12-11-31-13-15-40-16-14-31)19-28(34)33-26(24-17-23(38-3)9-10-27(24)39-4)18-25(30-33)21-5-7-22(37-2)8-6-21/h5-10,17,26H,11-16,18-20H2,1-4H3/t26-/m0/s1. The van der Waals surface area contributed by atoms with Crippen LogP contribution < -0.4 is 14.2 Å². The molecule has 0 spiro atoms. The van der Waals surface area contributed by atoms with E-state index in [0.717, 1.165) is 35.7 Å². The van der Waals surface area contributed by atoms with Gasteiger partial charge in [-0.05, 0) is 48.0 Å². The Kier molecular flexibility index (Phi) is 10.3. The van der Waals surface area contributed by atoms with Gasteiger partial charge in [0.05, 0.1) is 46.3 Å². The van der Waals surface area contributed by atoms with Gasteiger partial charge in [-0.2, -0.15) is 5.10 Å². The van der Waals surface area contributed by atoms with E-state index >= 15 is 0 Å². The zero-order chi connectivity index (χ0) is 28.5. The molecule has 2 aliphatic rings. The van der Waals surface area contributed by atoms with Gasteiger partial charge >= 0.3 is 0 Å². The Bertz CT molecular complexity index is 1180. The molecule has 0 saturated carbocycles. The van der Waals surface area contributed by atoms with Crippen molar-refractivity contribution in [3.05, 3.63) is 53.6 Å². The highest BCUT2D eigenvalue weighted by molar-refractivity contribution is 6.03. The molecule has 1 fully saturated rings. The Morgan fingerprint density at radius 1 is 0.975 bits per heavy atom. The first kappa shape index (κ1) is 29.3. The lowest BCUT2D eigenvalue weighted by Crippen LogP contribution is -2.47. The molecule has 0 unspecified atom stereocenters. The smallest absolute Gasteiger partial charge is 0.262 e. The van der Waals surface area contributed by atoms with Gasteiger partial charge < -0.3 is 28.6 Å². The van der Waals surface area contributed by atoms with Crippen molar-refractivity contribution < 1.29 is 33.3 Å². The molecule has 0 aliphatic carbocycles. The number of rotatable bonds is 12. The third-order valence-electron chi connectivity index (χ3n) is 7.12. The highest BCUT2D eigenvalue weighted by Gasteiger charge is 2.36. The van der Waals surface area contributed by atoms with E-state index in [1.807, 2.05) is 42.5 Å². The van der Waals surface area contributed by atoms with Crippen LogP contribution in [0.15, 0.2) is 47.6 Å². The summed E-state index contributed by atoms with van der Waals surface area (Å²) in [5.41, 5.74) is 2.39. The van der Waals surface area contributed by atoms with E-state index in [1.165, 1.54) is 12.1 Å². The molecule has 11 nitrogen and oxygen atoms in total. The molecule has 2 aliphatic heterocycles. The highest BCUT2D eigenvalue weighted by atomic mass is 16.5. The lowest BCUT2D eigenvalue weighted by molar-refractivity contribution is -0.143. The van der Waals surface area contributed by atoms with E-state index in [4.69, 9.17) is 28.8 Å². The maximum absolute atomic E-state index is 13.9. The maximum atomic E-state index is 13.9. The zero-order valence-corrected chi connectivity index (χ0v) is 23.6. The molecule has 216 valence electrons. The molecule has 2 aromatic carbocycles. The number of hydrogen-bond acceptors (Lipinski definition) is 9. The number of hydrazone groups is 1. The summed E-state index contributed by atoms with van der Waals surface area (Å²) in [5.74, 6) is 1.44. The molecule has 0 N–H and O–H groups in total. The van der Waals surface area contributed by atoms with Crippen molar-refractivity contribution in [2.24, 2.45) is 5.10 Å². The van der Waals surface area contributed by atoms with Crippen LogP contribution in [0.3, 0.4) is 0 Å². The number of carbonyl (C=O) groups is 2. The van der Waals surface area contributed by atoms with E-state index in [1.54, 1.807) is 26.2 Å². The minimum absolute atomic E-state index is 0.107. The van der Waals surface area contributed by atoms with Gasteiger partial charge in [0.25, 0.3) is 5.91 Å². The summed E-state index contributed by atoms with van der Waals surface area (Å²) in [5, 5.41) is 6.25. The molecule has 2 heterocycles. The van der Waals surface area contributed by atoms with E-state index in [0.29, 0.717) is 44.2 Å². The number of methoxy groups -OCH3 is 4. The summed E-state index contributed by atoms with van der Waals surface area (Å²) in [6, 6.07) is 12.6. The molecule has 0 aromatic heterocycles. The normalized spacial score (nSPS) is 17.4. The van der Waals surface area contributed by atoms with Crippen LogP contribution in [0.1, 0.15) is 23.6 Å². The van der Waals surface area contributed by atoms with Gasteiger partial charge in [0.2, 0.25) is 5.91 Å². The van der Waals surface area contributed by atoms with Crippen LogP contribution in [0.25, 0.3) is 0 Å². The van der Waals surface area contributed by atoms with Gasteiger partial charge in [0, 0.05) is 45.3 Å². The quantitative estimate of drug-likeness (QED) is 0.394. The average Bonchev–Trinajstić information content (AvgIpc) is 3.45. The molecule has 40 heavy (non-hydrogen) atoms. The molecule has 2 aromatic rings. The minimum Gasteiger partial charge on any atom is -0.497 e. The van der Waals surface area contributed by atoms with Crippen LogP contribution >= 0.6 is 0 Å². The van der Waals surface area contributed by atoms with Gasteiger partial charge in [-0.15, -0.1) is 0 Å². The largest absolute Gasteiger partial charge is 0.497 e. The Morgan fingerprint density at radius 3 is 2.33 bits per heavy atom. The molecular weight excluding hydrogens is 516 g/mol. The van der Waals surface area contributed by atoms with Crippen molar-refractivity contribution in [1.29, 1.82) is 0 Å². The third kappa shape index (κ3) is 7.09. The monoisotopic (exact) mass is 554 g/mol. The second kappa shape index (κ2) is 14.1. The SMILES string of the molecule is COCC(=O)N(CCN1CCOCC1)CC(=O)N1N=C(c2ccc(OC)cc2)C[C@H]1c1cc(OC)ccc1OC. The van der Waals surface area contributed by atoms with Crippen LogP contribution in [0.4, 0.5) is 0 Å². The third-order valence-corrected chi connectivity index (χ3v) is 7.12. The van der Waals surface area contributed by atoms with Gasteiger partial charge in [-0.3, -0.25) is 14.5 Å². The van der Waals surface area contributed by atoms with Gasteiger partial charge in [-0.25, -0.2) is 5.01 Å². The second-order valence-corrected chi connectivity index (χ2v) is 9.54. The summed E-state index contributed by atoms with van der Waals surface area (Å²) >= 11 is 0. The number of nitrogens with zero attached hydrogens (tertiary/aromatic N) is 4. The molecular formula is C29H38N4O7. The van der Waals surface area contributed by atoms with E-state index < -0.39 is 6.04 Å². The summed E-state index contributed by atoms with van der Waals surface area (Å²) in [6.45, 7) is 3.69. The predicted octanol–water partition coefficient (Wildman–Crippen LogP) is 2.20. The first-order valence-corrected chi connectivity index (χ1v) is 13.3. The van der Waals surface area contributed by atoms with E-state index in [2.05, 4.69) is 4.90 Å². The average molecular weight is 555 g/mol. The zero-order valence-electron chi connectivity index (χ0n) is 23.6.